The lowest BCUT2D eigenvalue weighted by atomic mass is 10.1. The summed E-state index contributed by atoms with van der Waals surface area (Å²) in [5.41, 5.74) is 2.69. The number of anilines is 1. The van der Waals surface area contributed by atoms with Crippen molar-refractivity contribution >= 4 is 17.5 Å². The molecule has 3 rings (SSSR count). The first kappa shape index (κ1) is 19.1. The van der Waals surface area contributed by atoms with Crippen molar-refractivity contribution in [3.8, 4) is 0 Å². The zero-order valence-electron chi connectivity index (χ0n) is 15.6. The first-order valence-electron chi connectivity index (χ1n) is 9.66. The quantitative estimate of drug-likeness (QED) is 0.705. The number of amides is 2. The number of nitrogens with zero attached hydrogens (tertiary/aromatic N) is 1. The Balaban J connectivity index is 1.42. The molecule has 2 N–H and O–H groups in total. The molecule has 1 fully saturated rings. The number of benzene rings is 2. The molecule has 0 aromatic heterocycles. The van der Waals surface area contributed by atoms with Crippen LogP contribution < -0.4 is 10.6 Å². The molecule has 0 bridgehead atoms. The molecule has 27 heavy (non-hydrogen) atoms. The van der Waals surface area contributed by atoms with Crippen molar-refractivity contribution in [2.45, 2.75) is 32.2 Å². The summed E-state index contributed by atoms with van der Waals surface area (Å²) in [5.74, 6) is -0.121. The van der Waals surface area contributed by atoms with Crippen LogP contribution in [0.25, 0.3) is 0 Å². The van der Waals surface area contributed by atoms with E-state index in [-0.39, 0.29) is 11.8 Å². The highest BCUT2D eigenvalue weighted by Crippen LogP contribution is 2.20. The minimum Gasteiger partial charge on any atom is -0.352 e. The highest BCUT2D eigenvalue weighted by molar-refractivity contribution is 5.94. The zero-order valence-corrected chi connectivity index (χ0v) is 15.6. The summed E-state index contributed by atoms with van der Waals surface area (Å²) in [6, 6.07) is 17.1. The Labute approximate surface area is 160 Å². The van der Waals surface area contributed by atoms with Gasteiger partial charge in [0.1, 0.15) is 0 Å². The van der Waals surface area contributed by atoms with E-state index in [0.29, 0.717) is 24.9 Å². The minimum atomic E-state index is -0.105. The fraction of sp³-hybridized carbons (Fsp3) is 0.364. The molecule has 0 unspecified atom stereocenters. The lowest BCUT2D eigenvalue weighted by Crippen LogP contribution is -2.25. The van der Waals surface area contributed by atoms with Gasteiger partial charge in [-0.2, -0.15) is 0 Å². The maximum Gasteiger partial charge on any atom is 0.251 e. The number of rotatable bonds is 8. The highest BCUT2D eigenvalue weighted by atomic mass is 16.2. The Hall–Kier alpha value is -2.66. The first-order chi connectivity index (χ1) is 13.2. The van der Waals surface area contributed by atoms with Crippen molar-refractivity contribution in [2.75, 3.05) is 25.0 Å². The molecular formula is C22H27N3O2. The minimum absolute atomic E-state index is 0.0159. The SMILES string of the molecule is O=C(CCCNC(=O)c1ccccc1)Nc1ccccc1CN1CCCC1. The van der Waals surface area contributed by atoms with Crippen LogP contribution in [0.5, 0.6) is 0 Å². The van der Waals surface area contributed by atoms with Crippen LogP contribution >= 0.6 is 0 Å². The number of carbonyl (C=O) groups excluding carboxylic acids is 2. The topological polar surface area (TPSA) is 61.4 Å². The van der Waals surface area contributed by atoms with Gasteiger partial charge in [0.15, 0.2) is 0 Å². The Kier molecular flexibility index (Phi) is 6.99. The molecule has 0 spiro atoms. The Morgan fingerprint density at radius 1 is 0.926 bits per heavy atom. The summed E-state index contributed by atoms with van der Waals surface area (Å²) >= 11 is 0. The van der Waals surface area contributed by atoms with E-state index in [2.05, 4.69) is 21.6 Å². The fourth-order valence-electron chi connectivity index (χ4n) is 3.32. The summed E-state index contributed by atoms with van der Waals surface area (Å²) < 4.78 is 0. The van der Waals surface area contributed by atoms with Gasteiger partial charge in [0.05, 0.1) is 0 Å². The Morgan fingerprint density at radius 2 is 1.63 bits per heavy atom. The molecule has 2 amide bonds. The van der Waals surface area contributed by atoms with Crippen LogP contribution in [0, 0.1) is 0 Å². The van der Waals surface area contributed by atoms with E-state index >= 15 is 0 Å². The van der Waals surface area contributed by atoms with E-state index in [1.165, 1.54) is 12.8 Å². The normalized spacial score (nSPS) is 14.1. The zero-order chi connectivity index (χ0) is 18.9. The lowest BCUT2D eigenvalue weighted by Gasteiger charge is -2.17. The molecule has 0 saturated carbocycles. The first-order valence-corrected chi connectivity index (χ1v) is 9.66. The van der Waals surface area contributed by atoms with E-state index in [0.717, 1.165) is 30.9 Å². The monoisotopic (exact) mass is 365 g/mol. The number of hydrogen-bond acceptors (Lipinski definition) is 3. The van der Waals surface area contributed by atoms with Crippen LogP contribution in [0.15, 0.2) is 54.6 Å². The molecule has 0 atom stereocenters. The molecule has 2 aromatic rings. The number of likely N-dealkylation sites (tertiary alicyclic amines) is 1. The van der Waals surface area contributed by atoms with Gasteiger partial charge in [0.25, 0.3) is 5.91 Å². The molecule has 5 nitrogen and oxygen atoms in total. The smallest absolute Gasteiger partial charge is 0.251 e. The number of nitrogens with one attached hydrogen (secondary N) is 2. The van der Waals surface area contributed by atoms with E-state index in [9.17, 15) is 9.59 Å². The van der Waals surface area contributed by atoms with Gasteiger partial charge in [-0.1, -0.05) is 36.4 Å². The van der Waals surface area contributed by atoms with E-state index in [4.69, 9.17) is 0 Å². The summed E-state index contributed by atoms with van der Waals surface area (Å²) in [7, 11) is 0. The van der Waals surface area contributed by atoms with Crippen molar-refractivity contribution in [2.24, 2.45) is 0 Å². The fourth-order valence-corrected chi connectivity index (χ4v) is 3.32. The Morgan fingerprint density at radius 3 is 2.41 bits per heavy atom. The van der Waals surface area contributed by atoms with Gasteiger partial charge in [-0.05, 0) is 56.1 Å². The van der Waals surface area contributed by atoms with Gasteiger partial charge in [-0.15, -0.1) is 0 Å². The molecule has 1 heterocycles. The van der Waals surface area contributed by atoms with E-state index in [1.54, 1.807) is 12.1 Å². The molecule has 5 heteroatoms. The second-order valence-corrected chi connectivity index (χ2v) is 6.91. The van der Waals surface area contributed by atoms with Gasteiger partial charge < -0.3 is 10.6 Å². The van der Waals surface area contributed by atoms with Crippen LogP contribution in [0.4, 0.5) is 5.69 Å². The average Bonchev–Trinajstić information content (AvgIpc) is 3.20. The van der Waals surface area contributed by atoms with Crippen molar-refractivity contribution < 1.29 is 9.59 Å². The van der Waals surface area contributed by atoms with E-state index < -0.39 is 0 Å². The summed E-state index contributed by atoms with van der Waals surface area (Å²) in [5, 5.41) is 5.88. The molecule has 0 radical (unpaired) electrons. The standard InChI is InChI=1S/C22H27N3O2/c26-21(13-8-14-23-22(27)18-9-2-1-3-10-18)24-20-12-5-4-11-19(20)17-25-15-6-7-16-25/h1-5,9-12H,6-8,13-17H2,(H,23,27)(H,24,26). The third-order valence-corrected chi connectivity index (χ3v) is 4.79. The van der Waals surface area contributed by atoms with Gasteiger partial charge in [0.2, 0.25) is 5.91 Å². The van der Waals surface area contributed by atoms with Crippen LogP contribution in [-0.4, -0.2) is 36.3 Å². The molecule has 2 aromatic carbocycles. The van der Waals surface area contributed by atoms with Gasteiger partial charge in [-0.3, -0.25) is 14.5 Å². The largest absolute Gasteiger partial charge is 0.352 e. The second-order valence-electron chi connectivity index (χ2n) is 6.91. The number of hydrogen-bond donors (Lipinski definition) is 2. The Bertz CT molecular complexity index is 755. The molecule has 1 aliphatic heterocycles. The van der Waals surface area contributed by atoms with E-state index in [1.807, 2.05) is 36.4 Å². The molecule has 142 valence electrons. The summed E-state index contributed by atoms with van der Waals surface area (Å²) in [6.45, 7) is 3.62. The third-order valence-electron chi connectivity index (χ3n) is 4.79. The van der Waals surface area contributed by atoms with Gasteiger partial charge in [-0.25, -0.2) is 0 Å². The van der Waals surface area contributed by atoms with Crippen LogP contribution in [0.1, 0.15) is 41.6 Å². The van der Waals surface area contributed by atoms with Crippen molar-refractivity contribution in [3.63, 3.8) is 0 Å². The summed E-state index contributed by atoms with van der Waals surface area (Å²) in [4.78, 5) is 26.7. The number of para-hydroxylation sites is 1. The average molecular weight is 365 g/mol. The molecule has 1 saturated heterocycles. The van der Waals surface area contributed by atoms with Crippen molar-refractivity contribution in [1.29, 1.82) is 0 Å². The van der Waals surface area contributed by atoms with Gasteiger partial charge in [0, 0.05) is 30.8 Å². The molecule has 0 aliphatic carbocycles. The second kappa shape index (κ2) is 9.88. The predicted molar refractivity (Wildman–Crippen MR) is 108 cm³/mol. The summed E-state index contributed by atoms with van der Waals surface area (Å²) in [6.07, 6.45) is 3.50. The number of carbonyl (C=O) groups is 2. The predicted octanol–water partition coefficient (Wildman–Crippen LogP) is 3.43. The molecular weight excluding hydrogens is 338 g/mol. The van der Waals surface area contributed by atoms with Crippen LogP contribution in [-0.2, 0) is 11.3 Å². The third kappa shape index (κ3) is 5.93. The van der Waals surface area contributed by atoms with Crippen LogP contribution in [0.2, 0.25) is 0 Å². The maximum atomic E-state index is 12.3. The van der Waals surface area contributed by atoms with Crippen LogP contribution in [0.3, 0.4) is 0 Å². The molecule has 1 aliphatic rings. The van der Waals surface area contributed by atoms with Crippen molar-refractivity contribution in [3.05, 3.63) is 65.7 Å². The highest BCUT2D eigenvalue weighted by Gasteiger charge is 2.14. The van der Waals surface area contributed by atoms with Gasteiger partial charge >= 0.3 is 0 Å². The maximum absolute atomic E-state index is 12.3. The van der Waals surface area contributed by atoms with Crippen molar-refractivity contribution in [1.82, 2.24) is 10.2 Å². The lowest BCUT2D eigenvalue weighted by molar-refractivity contribution is -0.116.